The van der Waals surface area contributed by atoms with Crippen molar-refractivity contribution < 1.29 is 13.9 Å². The van der Waals surface area contributed by atoms with Crippen molar-refractivity contribution in [3.05, 3.63) is 59.4 Å². The number of halogens is 1. The number of benzene rings is 2. The number of hydrogen-bond donors (Lipinski definition) is 2. The van der Waals surface area contributed by atoms with Gasteiger partial charge in [0, 0.05) is 17.3 Å². The number of carbonyl (C=O) groups is 1. The summed E-state index contributed by atoms with van der Waals surface area (Å²) < 4.78 is 18.8. The van der Waals surface area contributed by atoms with E-state index in [0.717, 1.165) is 0 Å². The molecule has 0 saturated carbocycles. The Morgan fingerprint density at radius 3 is 2.81 bits per heavy atom. The van der Waals surface area contributed by atoms with Crippen LogP contribution >= 0.6 is 0 Å². The molecule has 0 aliphatic heterocycles. The maximum atomic E-state index is 13.4. The Balaban J connectivity index is 1.80. The van der Waals surface area contributed by atoms with Crippen LogP contribution in [0.3, 0.4) is 0 Å². The molecule has 0 radical (unpaired) electrons. The van der Waals surface area contributed by atoms with E-state index < -0.39 is 5.82 Å². The molecule has 2 rings (SSSR count). The highest BCUT2D eigenvalue weighted by molar-refractivity contribution is 5.94. The van der Waals surface area contributed by atoms with Crippen molar-refractivity contribution in [1.29, 1.82) is 0 Å². The van der Waals surface area contributed by atoms with Crippen LogP contribution in [0.1, 0.15) is 15.9 Å². The second kappa shape index (κ2) is 6.74. The Labute approximate surface area is 122 Å². The summed E-state index contributed by atoms with van der Waals surface area (Å²) in [5, 5.41) is 2.67. The van der Waals surface area contributed by atoms with Gasteiger partial charge in [0.15, 0.2) is 0 Å². The third-order valence-electron chi connectivity index (χ3n) is 2.95. The summed E-state index contributed by atoms with van der Waals surface area (Å²) >= 11 is 0. The van der Waals surface area contributed by atoms with Crippen LogP contribution < -0.4 is 15.8 Å². The van der Waals surface area contributed by atoms with Gasteiger partial charge in [0.2, 0.25) is 0 Å². The summed E-state index contributed by atoms with van der Waals surface area (Å²) in [7, 11) is 0. The second-order valence-electron chi connectivity index (χ2n) is 4.64. The smallest absolute Gasteiger partial charge is 0.251 e. The van der Waals surface area contributed by atoms with Gasteiger partial charge in [0.1, 0.15) is 18.2 Å². The van der Waals surface area contributed by atoms with Crippen molar-refractivity contribution in [1.82, 2.24) is 5.32 Å². The Morgan fingerprint density at radius 2 is 2.10 bits per heavy atom. The van der Waals surface area contributed by atoms with E-state index >= 15 is 0 Å². The van der Waals surface area contributed by atoms with Crippen LogP contribution in [-0.4, -0.2) is 19.1 Å². The average molecular weight is 288 g/mol. The van der Waals surface area contributed by atoms with Gasteiger partial charge in [0.25, 0.3) is 5.91 Å². The van der Waals surface area contributed by atoms with Crippen molar-refractivity contribution in [3.8, 4) is 5.75 Å². The zero-order valence-electron chi connectivity index (χ0n) is 11.7. The van der Waals surface area contributed by atoms with Crippen LogP contribution in [0.25, 0.3) is 0 Å². The summed E-state index contributed by atoms with van der Waals surface area (Å²) in [6.45, 7) is 2.28. The quantitative estimate of drug-likeness (QED) is 0.656. The van der Waals surface area contributed by atoms with Gasteiger partial charge in [-0.25, -0.2) is 4.39 Å². The molecule has 2 aromatic carbocycles. The molecule has 0 atom stereocenters. The number of aryl methyl sites for hydroxylation is 1. The highest BCUT2D eigenvalue weighted by atomic mass is 19.1. The van der Waals surface area contributed by atoms with Crippen molar-refractivity contribution in [3.63, 3.8) is 0 Å². The van der Waals surface area contributed by atoms with Crippen LogP contribution in [-0.2, 0) is 0 Å². The minimum Gasteiger partial charge on any atom is -0.492 e. The third kappa shape index (κ3) is 4.21. The fourth-order valence-electron chi connectivity index (χ4n) is 1.77. The molecule has 21 heavy (non-hydrogen) atoms. The van der Waals surface area contributed by atoms with Crippen LogP contribution in [0.15, 0.2) is 42.5 Å². The van der Waals surface area contributed by atoms with Gasteiger partial charge in [-0.2, -0.15) is 0 Å². The molecule has 5 heteroatoms. The summed E-state index contributed by atoms with van der Waals surface area (Å²) in [6, 6.07) is 11.4. The van der Waals surface area contributed by atoms with Crippen LogP contribution in [0.5, 0.6) is 5.75 Å². The van der Waals surface area contributed by atoms with Crippen LogP contribution in [0.2, 0.25) is 0 Å². The number of nitrogens with two attached hydrogens (primary N) is 1. The highest BCUT2D eigenvalue weighted by Crippen LogP contribution is 2.14. The molecular weight excluding hydrogens is 271 g/mol. The van der Waals surface area contributed by atoms with Gasteiger partial charge in [-0.15, -0.1) is 0 Å². The Bertz CT molecular complexity index is 644. The van der Waals surface area contributed by atoms with Gasteiger partial charge >= 0.3 is 0 Å². The number of nitrogen functional groups attached to an aromatic ring is 1. The number of anilines is 1. The number of carbonyl (C=O) groups excluding carboxylic acids is 1. The lowest BCUT2D eigenvalue weighted by molar-refractivity contribution is 0.0946. The molecule has 0 heterocycles. The van der Waals surface area contributed by atoms with Gasteiger partial charge in [-0.3, -0.25) is 4.79 Å². The van der Waals surface area contributed by atoms with E-state index in [4.69, 9.17) is 10.5 Å². The van der Waals surface area contributed by atoms with Crippen molar-refractivity contribution in [2.75, 3.05) is 18.9 Å². The van der Waals surface area contributed by atoms with E-state index in [9.17, 15) is 9.18 Å². The van der Waals surface area contributed by atoms with Crippen LogP contribution in [0.4, 0.5) is 10.1 Å². The average Bonchev–Trinajstić information content (AvgIpc) is 2.46. The molecule has 3 N–H and O–H groups in total. The maximum absolute atomic E-state index is 13.4. The topological polar surface area (TPSA) is 64.3 Å². The molecule has 1 amide bonds. The Morgan fingerprint density at radius 1 is 1.29 bits per heavy atom. The molecule has 0 bridgehead atoms. The first-order valence-electron chi connectivity index (χ1n) is 6.59. The summed E-state index contributed by atoms with van der Waals surface area (Å²) in [5.41, 5.74) is 7.05. The van der Waals surface area contributed by atoms with E-state index in [1.54, 1.807) is 43.3 Å². The molecule has 0 saturated heterocycles. The minimum atomic E-state index is -0.390. The predicted molar refractivity (Wildman–Crippen MR) is 79.8 cm³/mol. The molecule has 0 aliphatic carbocycles. The van der Waals surface area contributed by atoms with Gasteiger partial charge in [-0.1, -0.05) is 12.1 Å². The fraction of sp³-hybridized carbons (Fsp3) is 0.188. The largest absolute Gasteiger partial charge is 0.492 e. The number of ether oxygens (including phenoxy) is 1. The molecule has 0 fully saturated rings. The van der Waals surface area contributed by atoms with Crippen LogP contribution in [0, 0.1) is 12.7 Å². The normalized spacial score (nSPS) is 10.2. The van der Waals surface area contributed by atoms with Crippen molar-refractivity contribution >= 4 is 11.6 Å². The molecular formula is C16H17FN2O2. The van der Waals surface area contributed by atoms with Gasteiger partial charge in [-0.05, 0) is 36.8 Å². The Kier molecular flexibility index (Phi) is 4.77. The third-order valence-corrected chi connectivity index (χ3v) is 2.95. The number of hydrogen-bond acceptors (Lipinski definition) is 3. The number of nitrogens with one attached hydrogen (secondary N) is 1. The lowest BCUT2D eigenvalue weighted by Crippen LogP contribution is -2.28. The molecule has 0 aliphatic rings. The summed E-state index contributed by atoms with van der Waals surface area (Å²) in [4.78, 5) is 11.8. The second-order valence-corrected chi connectivity index (χ2v) is 4.64. The fourth-order valence-corrected chi connectivity index (χ4v) is 1.77. The molecule has 0 unspecified atom stereocenters. The zero-order chi connectivity index (χ0) is 15.2. The van der Waals surface area contributed by atoms with E-state index in [1.165, 1.54) is 6.07 Å². The first-order chi connectivity index (χ1) is 10.1. The SMILES string of the molecule is Cc1ccc(C(=O)NCCOc2cccc(N)c2)cc1F. The van der Waals surface area contributed by atoms with E-state index in [2.05, 4.69) is 5.32 Å². The highest BCUT2D eigenvalue weighted by Gasteiger charge is 2.07. The molecule has 110 valence electrons. The minimum absolute atomic E-state index is 0.294. The lowest BCUT2D eigenvalue weighted by atomic mass is 10.1. The van der Waals surface area contributed by atoms with Gasteiger partial charge in [0.05, 0.1) is 6.54 Å². The first kappa shape index (κ1) is 14.8. The van der Waals surface area contributed by atoms with E-state index in [1.807, 2.05) is 0 Å². The molecule has 0 aromatic heterocycles. The zero-order valence-corrected chi connectivity index (χ0v) is 11.7. The first-order valence-corrected chi connectivity index (χ1v) is 6.59. The molecule has 0 spiro atoms. The monoisotopic (exact) mass is 288 g/mol. The van der Waals surface area contributed by atoms with Gasteiger partial charge < -0.3 is 15.8 Å². The summed E-state index contributed by atoms with van der Waals surface area (Å²) in [6.07, 6.45) is 0. The van der Waals surface area contributed by atoms with E-state index in [-0.39, 0.29) is 5.91 Å². The predicted octanol–water partition coefficient (Wildman–Crippen LogP) is 2.53. The Hall–Kier alpha value is -2.56. The molecule has 4 nitrogen and oxygen atoms in total. The van der Waals surface area contributed by atoms with E-state index in [0.29, 0.717) is 35.7 Å². The lowest BCUT2D eigenvalue weighted by Gasteiger charge is -2.08. The number of amides is 1. The van der Waals surface area contributed by atoms with Crippen molar-refractivity contribution in [2.24, 2.45) is 0 Å². The number of rotatable bonds is 5. The van der Waals surface area contributed by atoms with Crippen molar-refractivity contribution in [2.45, 2.75) is 6.92 Å². The standard InChI is InChI=1S/C16H17FN2O2/c1-11-5-6-12(9-15(11)17)16(20)19-7-8-21-14-4-2-3-13(18)10-14/h2-6,9-10H,7-8,18H2,1H3,(H,19,20). The maximum Gasteiger partial charge on any atom is 0.251 e. The summed E-state index contributed by atoms with van der Waals surface area (Å²) in [5.74, 6) is -0.0747. The molecule has 2 aromatic rings.